The normalized spacial score (nSPS) is 10.8. The quantitative estimate of drug-likeness (QED) is 0.569. The molecule has 0 aliphatic carbocycles. The van der Waals surface area contributed by atoms with Crippen LogP contribution in [-0.2, 0) is 0 Å². The number of carbonyl (C=O) groups is 1. The molecule has 0 unspecified atom stereocenters. The Balaban J connectivity index is 2.50. The van der Waals surface area contributed by atoms with Crippen LogP contribution in [0.1, 0.15) is 42.6 Å². The highest BCUT2D eigenvalue weighted by molar-refractivity contribution is 5.79. The molecule has 0 saturated heterocycles. The first kappa shape index (κ1) is 14.2. The zero-order valence-electron chi connectivity index (χ0n) is 11.2. The lowest BCUT2D eigenvalue weighted by atomic mass is 9.90. The largest absolute Gasteiger partial charge is 0.493 e. The summed E-state index contributed by atoms with van der Waals surface area (Å²) < 4.78 is 5.58. The zero-order chi connectivity index (χ0) is 13.6. The van der Waals surface area contributed by atoms with Crippen molar-refractivity contribution in [1.82, 2.24) is 0 Å². The average Bonchev–Trinajstić information content (AvgIpc) is 2.36. The van der Waals surface area contributed by atoms with Crippen molar-refractivity contribution in [3.8, 4) is 11.8 Å². The molecule has 0 atom stereocenters. The van der Waals surface area contributed by atoms with E-state index in [0.29, 0.717) is 17.9 Å². The fraction of sp³-hybridized carbons (Fsp3) is 0.467. The number of aryl methyl sites for hydroxylation is 1. The summed E-state index contributed by atoms with van der Waals surface area (Å²) in [6.45, 7) is 6.28. The first-order valence-corrected chi connectivity index (χ1v) is 6.08. The summed E-state index contributed by atoms with van der Waals surface area (Å²) in [6, 6.07) is 7.80. The van der Waals surface area contributed by atoms with E-state index in [1.165, 1.54) is 0 Å². The minimum atomic E-state index is -0.315. The van der Waals surface area contributed by atoms with Gasteiger partial charge in [0, 0.05) is 0 Å². The number of aldehydes is 1. The van der Waals surface area contributed by atoms with Crippen LogP contribution in [0, 0.1) is 23.7 Å². The first-order chi connectivity index (χ1) is 8.48. The Morgan fingerprint density at radius 1 is 1.44 bits per heavy atom. The molecule has 1 aromatic carbocycles. The number of ether oxygens (including phenoxy) is 1. The third-order valence-corrected chi connectivity index (χ3v) is 2.80. The maximum atomic E-state index is 10.9. The molecule has 1 rings (SSSR count). The zero-order valence-corrected chi connectivity index (χ0v) is 11.2. The van der Waals surface area contributed by atoms with Gasteiger partial charge in [-0.15, -0.1) is 0 Å². The van der Waals surface area contributed by atoms with Gasteiger partial charge in [-0.2, -0.15) is 5.26 Å². The van der Waals surface area contributed by atoms with Crippen LogP contribution in [0.25, 0.3) is 0 Å². The second-order valence-electron chi connectivity index (χ2n) is 5.11. The number of nitrogens with zero attached hydrogens (tertiary/aromatic N) is 1. The van der Waals surface area contributed by atoms with Gasteiger partial charge in [0.15, 0.2) is 6.29 Å². The topological polar surface area (TPSA) is 50.1 Å². The summed E-state index contributed by atoms with van der Waals surface area (Å²) in [6.07, 6.45) is 2.39. The minimum Gasteiger partial charge on any atom is -0.493 e. The summed E-state index contributed by atoms with van der Waals surface area (Å²) in [5.74, 6) is 0.616. The van der Waals surface area contributed by atoms with E-state index < -0.39 is 0 Å². The predicted octanol–water partition coefficient (Wildman–Crippen LogP) is 3.52. The van der Waals surface area contributed by atoms with Crippen molar-refractivity contribution in [2.24, 2.45) is 5.41 Å². The van der Waals surface area contributed by atoms with Gasteiger partial charge in [-0.1, -0.05) is 11.6 Å². The predicted molar refractivity (Wildman–Crippen MR) is 70.7 cm³/mol. The van der Waals surface area contributed by atoms with Crippen molar-refractivity contribution < 1.29 is 9.53 Å². The molecule has 0 radical (unpaired) electrons. The minimum absolute atomic E-state index is 0.315. The maximum absolute atomic E-state index is 10.9. The molecule has 3 heteroatoms. The van der Waals surface area contributed by atoms with Crippen molar-refractivity contribution in [2.75, 3.05) is 6.61 Å². The maximum Gasteiger partial charge on any atom is 0.153 e. The van der Waals surface area contributed by atoms with Gasteiger partial charge in [-0.3, -0.25) is 4.79 Å². The molecule has 0 fully saturated rings. The number of carbonyl (C=O) groups excluding carboxylic acids is 1. The molecule has 1 aromatic rings. The van der Waals surface area contributed by atoms with Crippen molar-refractivity contribution in [2.45, 2.75) is 33.6 Å². The van der Waals surface area contributed by atoms with Crippen LogP contribution in [0.5, 0.6) is 5.75 Å². The molecule has 0 aromatic heterocycles. The molecular formula is C15H19NO2. The van der Waals surface area contributed by atoms with E-state index >= 15 is 0 Å². The third-order valence-electron chi connectivity index (χ3n) is 2.80. The Labute approximate surface area is 108 Å². The third kappa shape index (κ3) is 4.21. The fourth-order valence-corrected chi connectivity index (χ4v) is 1.64. The van der Waals surface area contributed by atoms with Gasteiger partial charge in [0.2, 0.25) is 0 Å². The second-order valence-corrected chi connectivity index (χ2v) is 5.11. The van der Waals surface area contributed by atoms with E-state index in [2.05, 4.69) is 6.07 Å². The summed E-state index contributed by atoms with van der Waals surface area (Å²) in [5.41, 5.74) is 1.30. The number of nitriles is 1. The SMILES string of the molecule is Cc1ccc(OCCCC(C)(C)C#N)c(C=O)c1. The van der Waals surface area contributed by atoms with Crippen molar-refractivity contribution >= 4 is 6.29 Å². The second kappa shape index (κ2) is 6.20. The molecule has 0 aliphatic rings. The molecule has 0 heterocycles. The highest BCUT2D eigenvalue weighted by atomic mass is 16.5. The van der Waals surface area contributed by atoms with Crippen LogP contribution in [0.3, 0.4) is 0 Å². The van der Waals surface area contributed by atoms with Gasteiger partial charge < -0.3 is 4.74 Å². The van der Waals surface area contributed by atoms with E-state index in [-0.39, 0.29) is 5.41 Å². The van der Waals surface area contributed by atoms with Crippen LogP contribution >= 0.6 is 0 Å². The molecule has 0 N–H and O–H groups in total. The average molecular weight is 245 g/mol. The van der Waals surface area contributed by atoms with E-state index in [1.54, 1.807) is 0 Å². The molecule has 0 spiro atoms. The number of benzene rings is 1. The molecule has 0 amide bonds. The smallest absolute Gasteiger partial charge is 0.153 e. The Bertz CT molecular complexity index is 458. The first-order valence-electron chi connectivity index (χ1n) is 6.08. The van der Waals surface area contributed by atoms with E-state index in [9.17, 15) is 4.79 Å². The molecule has 0 aliphatic heterocycles. The fourth-order valence-electron chi connectivity index (χ4n) is 1.64. The standard InChI is InChI=1S/C15H19NO2/c1-12-5-6-14(13(9-12)10-17)18-8-4-7-15(2,3)11-16/h5-6,9-10H,4,7-8H2,1-3H3. The molecule has 0 saturated carbocycles. The van der Waals surface area contributed by atoms with Gasteiger partial charge in [0.25, 0.3) is 0 Å². The highest BCUT2D eigenvalue weighted by Crippen LogP contribution is 2.22. The summed E-state index contributed by atoms with van der Waals surface area (Å²) >= 11 is 0. The Kier molecular flexibility index (Phi) is 4.91. The van der Waals surface area contributed by atoms with E-state index in [1.807, 2.05) is 39.0 Å². The molecule has 18 heavy (non-hydrogen) atoms. The van der Waals surface area contributed by atoms with Crippen LogP contribution in [0.2, 0.25) is 0 Å². The van der Waals surface area contributed by atoms with Gasteiger partial charge >= 0.3 is 0 Å². The van der Waals surface area contributed by atoms with Crippen LogP contribution in [0.15, 0.2) is 18.2 Å². The van der Waals surface area contributed by atoms with Crippen LogP contribution < -0.4 is 4.74 Å². The number of hydrogen-bond acceptors (Lipinski definition) is 3. The Morgan fingerprint density at radius 2 is 2.17 bits per heavy atom. The molecule has 0 bridgehead atoms. The van der Waals surface area contributed by atoms with Crippen LogP contribution in [-0.4, -0.2) is 12.9 Å². The molecule has 96 valence electrons. The molecule has 3 nitrogen and oxygen atoms in total. The highest BCUT2D eigenvalue weighted by Gasteiger charge is 2.15. The van der Waals surface area contributed by atoms with Gasteiger partial charge in [-0.25, -0.2) is 0 Å². The lowest BCUT2D eigenvalue weighted by Gasteiger charge is -2.15. The van der Waals surface area contributed by atoms with Crippen LogP contribution in [0.4, 0.5) is 0 Å². The number of rotatable bonds is 6. The summed E-state index contributed by atoms with van der Waals surface area (Å²) in [5, 5.41) is 8.89. The van der Waals surface area contributed by atoms with Gasteiger partial charge in [-0.05, 0) is 45.7 Å². The monoisotopic (exact) mass is 245 g/mol. The Hall–Kier alpha value is -1.82. The van der Waals surface area contributed by atoms with Gasteiger partial charge in [0.05, 0.1) is 23.7 Å². The summed E-state index contributed by atoms with van der Waals surface area (Å²) in [4.78, 5) is 10.9. The Morgan fingerprint density at radius 3 is 2.78 bits per heavy atom. The summed E-state index contributed by atoms with van der Waals surface area (Å²) in [7, 11) is 0. The van der Waals surface area contributed by atoms with E-state index in [0.717, 1.165) is 24.7 Å². The van der Waals surface area contributed by atoms with Gasteiger partial charge in [0.1, 0.15) is 5.75 Å². The number of hydrogen-bond donors (Lipinski definition) is 0. The lowest BCUT2D eigenvalue weighted by Crippen LogP contribution is -2.10. The lowest BCUT2D eigenvalue weighted by molar-refractivity contribution is 0.111. The molecular weight excluding hydrogens is 226 g/mol. The van der Waals surface area contributed by atoms with Crippen molar-refractivity contribution in [3.63, 3.8) is 0 Å². The van der Waals surface area contributed by atoms with Crippen molar-refractivity contribution in [3.05, 3.63) is 29.3 Å². The van der Waals surface area contributed by atoms with Crippen molar-refractivity contribution in [1.29, 1.82) is 5.26 Å². The van der Waals surface area contributed by atoms with E-state index in [4.69, 9.17) is 10.00 Å².